The van der Waals surface area contributed by atoms with E-state index in [1.54, 1.807) is 12.1 Å². The van der Waals surface area contributed by atoms with Crippen LogP contribution in [0.25, 0.3) is 0 Å². The molecule has 1 aromatic heterocycles. The molecule has 2 N–H and O–H groups in total. The number of aromatic nitrogens is 1. The second-order valence-electron chi connectivity index (χ2n) is 4.25. The van der Waals surface area contributed by atoms with Crippen molar-refractivity contribution in [2.75, 3.05) is 16.3 Å². The van der Waals surface area contributed by atoms with Crippen molar-refractivity contribution in [1.29, 1.82) is 0 Å². The number of amides is 1. The highest BCUT2D eigenvalue weighted by Crippen LogP contribution is 2.16. The number of rotatable bonds is 4. The molecular weight excluding hydrogens is 297 g/mol. The van der Waals surface area contributed by atoms with Crippen LogP contribution in [0.15, 0.2) is 42.5 Å². The summed E-state index contributed by atoms with van der Waals surface area (Å²) in [4.78, 5) is 15.3. The number of sulfonamides is 1. The van der Waals surface area contributed by atoms with Gasteiger partial charge in [0.1, 0.15) is 5.69 Å². The van der Waals surface area contributed by atoms with Gasteiger partial charge in [0, 0.05) is 5.69 Å². The number of hydrogen-bond donors (Lipinski definition) is 2. The molecule has 0 spiro atoms. The molecule has 2 rings (SSSR count). The molecule has 0 unspecified atom stereocenters. The van der Waals surface area contributed by atoms with Crippen molar-refractivity contribution in [1.82, 2.24) is 4.98 Å². The predicted molar refractivity (Wildman–Crippen MR) is 77.1 cm³/mol. The van der Waals surface area contributed by atoms with E-state index in [4.69, 9.17) is 0 Å². The highest BCUT2D eigenvalue weighted by Gasteiger charge is 2.09. The van der Waals surface area contributed by atoms with Crippen molar-refractivity contribution >= 4 is 27.3 Å². The fourth-order valence-corrected chi connectivity index (χ4v) is 2.16. The summed E-state index contributed by atoms with van der Waals surface area (Å²) in [7, 11) is -3.40. The fraction of sp³-hybridized carbons (Fsp3) is 0.0769. The van der Waals surface area contributed by atoms with Crippen molar-refractivity contribution in [2.24, 2.45) is 0 Å². The molecule has 2 aromatic rings. The van der Waals surface area contributed by atoms with Crippen LogP contribution < -0.4 is 10.0 Å². The number of nitrogens with zero attached hydrogens (tertiary/aromatic N) is 1. The van der Waals surface area contributed by atoms with Gasteiger partial charge in [0.15, 0.2) is 0 Å². The van der Waals surface area contributed by atoms with Crippen LogP contribution in [0.2, 0.25) is 0 Å². The standard InChI is InChI=1S/C13H12FN3O3S/c1-21(19,20)17-10-5-2-4-9(8-10)15-13(18)11-6-3-7-12(14)16-11/h2-8,17H,1H3,(H,15,18). The van der Waals surface area contributed by atoms with Gasteiger partial charge in [-0.2, -0.15) is 4.39 Å². The average molecular weight is 309 g/mol. The summed E-state index contributed by atoms with van der Waals surface area (Å²) in [5.41, 5.74) is 0.596. The van der Waals surface area contributed by atoms with Crippen LogP contribution >= 0.6 is 0 Å². The van der Waals surface area contributed by atoms with Crippen LogP contribution in [-0.2, 0) is 10.0 Å². The van der Waals surface area contributed by atoms with Crippen molar-refractivity contribution in [3.63, 3.8) is 0 Å². The molecule has 8 heteroatoms. The van der Waals surface area contributed by atoms with E-state index in [0.717, 1.165) is 12.3 Å². The number of anilines is 2. The van der Waals surface area contributed by atoms with Gasteiger partial charge in [-0.05, 0) is 30.3 Å². The first-order valence-corrected chi connectivity index (χ1v) is 7.74. The van der Waals surface area contributed by atoms with Crippen LogP contribution in [0.3, 0.4) is 0 Å². The first-order valence-electron chi connectivity index (χ1n) is 5.85. The van der Waals surface area contributed by atoms with E-state index < -0.39 is 21.9 Å². The summed E-state index contributed by atoms with van der Waals surface area (Å²) in [6.07, 6.45) is 1.02. The number of nitrogens with one attached hydrogen (secondary N) is 2. The molecular formula is C13H12FN3O3S. The first kappa shape index (κ1) is 14.9. The Morgan fingerprint density at radius 2 is 1.81 bits per heavy atom. The number of halogens is 1. The molecule has 0 saturated heterocycles. The van der Waals surface area contributed by atoms with Crippen LogP contribution in [0.4, 0.5) is 15.8 Å². The maximum atomic E-state index is 12.9. The largest absolute Gasteiger partial charge is 0.321 e. The van der Waals surface area contributed by atoms with E-state index in [1.807, 2.05) is 0 Å². The van der Waals surface area contributed by atoms with Crippen LogP contribution in [0.1, 0.15) is 10.5 Å². The zero-order valence-electron chi connectivity index (χ0n) is 11.0. The molecule has 1 aromatic carbocycles. The minimum absolute atomic E-state index is 0.0727. The Hall–Kier alpha value is -2.48. The van der Waals surface area contributed by atoms with Crippen LogP contribution in [0, 0.1) is 5.95 Å². The third-order valence-corrected chi connectivity index (χ3v) is 2.98. The second-order valence-corrected chi connectivity index (χ2v) is 6.00. The van der Waals surface area contributed by atoms with Crippen LogP contribution in [-0.4, -0.2) is 25.6 Å². The fourth-order valence-electron chi connectivity index (χ4n) is 1.60. The summed E-state index contributed by atoms with van der Waals surface area (Å²) in [6.45, 7) is 0. The van der Waals surface area contributed by atoms with Crippen molar-refractivity contribution in [2.45, 2.75) is 0 Å². The lowest BCUT2D eigenvalue weighted by atomic mass is 10.2. The van der Waals surface area contributed by atoms with Gasteiger partial charge >= 0.3 is 0 Å². The Bertz CT molecular complexity index is 778. The smallest absolute Gasteiger partial charge is 0.274 e. The molecule has 0 fully saturated rings. The normalized spacial score (nSPS) is 11.0. The minimum Gasteiger partial charge on any atom is -0.321 e. The first-order chi connectivity index (χ1) is 9.83. The number of hydrogen-bond acceptors (Lipinski definition) is 4. The molecule has 1 amide bonds. The summed E-state index contributed by atoms with van der Waals surface area (Å²) in [5, 5.41) is 2.51. The third kappa shape index (κ3) is 4.53. The second kappa shape index (κ2) is 5.88. The number of pyridine rings is 1. The molecule has 21 heavy (non-hydrogen) atoms. The minimum atomic E-state index is -3.40. The van der Waals surface area contributed by atoms with Gasteiger partial charge in [-0.1, -0.05) is 12.1 Å². The maximum absolute atomic E-state index is 12.9. The molecule has 0 aliphatic carbocycles. The zero-order valence-corrected chi connectivity index (χ0v) is 11.8. The monoisotopic (exact) mass is 309 g/mol. The maximum Gasteiger partial charge on any atom is 0.274 e. The highest BCUT2D eigenvalue weighted by atomic mass is 32.2. The lowest BCUT2D eigenvalue weighted by Gasteiger charge is -2.08. The van der Waals surface area contributed by atoms with E-state index in [9.17, 15) is 17.6 Å². The van der Waals surface area contributed by atoms with Gasteiger partial charge in [0.05, 0.1) is 11.9 Å². The van der Waals surface area contributed by atoms with E-state index in [0.29, 0.717) is 11.4 Å². The lowest BCUT2D eigenvalue weighted by Crippen LogP contribution is -2.14. The Kier molecular flexibility index (Phi) is 4.18. The van der Waals surface area contributed by atoms with Gasteiger partial charge in [-0.15, -0.1) is 0 Å². The Labute approximate surface area is 121 Å². The Balaban J connectivity index is 2.16. The van der Waals surface area contributed by atoms with E-state index in [1.165, 1.54) is 24.3 Å². The van der Waals surface area contributed by atoms with Crippen molar-refractivity contribution in [3.8, 4) is 0 Å². The van der Waals surface area contributed by atoms with E-state index in [-0.39, 0.29) is 5.69 Å². The number of carbonyl (C=O) groups is 1. The molecule has 0 atom stereocenters. The molecule has 110 valence electrons. The van der Waals surface area contributed by atoms with Gasteiger partial charge < -0.3 is 5.32 Å². The topological polar surface area (TPSA) is 88.2 Å². The molecule has 0 bridgehead atoms. The zero-order chi connectivity index (χ0) is 15.5. The lowest BCUT2D eigenvalue weighted by molar-refractivity contribution is 0.102. The van der Waals surface area contributed by atoms with Gasteiger partial charge in [0.25, 0.3) is 5.91 Å². The number of carbonyl (C=O) groups excluding carboxylic acids is 1. The molecule has 0 saturated carbocycles. The van der Waals surface area contributed by atoms with Crippen molar-refractivity contribution in [3.05, 3.63) is 54.1 Å². The van der Waals surface area contributed by atoms with Gasteiger partial charge in [0.2, 0.25) is 16.0 Å². The summed E-state index contributed by atoms with van der Waals surface area (Å²) in [5.74, 6) is -1.35. The predicted octanol–water partition coefficient (Wildman–Crippen LogP) is 1.84. The Morgan fingerprint density at radius 3 is 2.48 bits per heavy atom. The molecule has 0 aliphatic rings. The third-order valence-electron chi connectivity index (χ3n) is 2.37. The molecule has 1 heterocycles. The average Bonchev–Trinajstić information content (AvgIpc) is 2.37. The summed E-state index contributed by atoms with van der Waals surface area (Å²) >= 11 is 0. The van der Waals surface area contributed by atoms with Crippen molar-refractivity contribution < 1.29 is 17.6 Å². The highest BCUT2D eigenvalue weighted by molar-refractivity contribution is 7.92. The molecule has 0 aliphatic heterocycles. The summed E-state index contributed by atoms with van der Waals surface area (Å²) < 4.78 is 37.5. The van der Waals surface area contributed by atoms with Gasteiger partial charge in [-0.3, -0.25) is 9.52 Å². The van der Waals surface area contributed by atoms with E-state index >= 15 is 0 Å². The molecule has 0 radical (unpaired) electrons. The van der Waals surface area contributed by atoms with E-state index in [2.05, 4.69) is 15.0 Å². The number of benzene rings is 1. The quantitative estimate of drug-likeness (QED) is 0.844. The molecule has 6 nitrogen and oxygen atoms in total. The van der Waals surface area contributed by atoms with Gasteiger partial charge in [-0.25, -0.2) is 13.4 Å². The SMILES string of the molecule is CS(=O)(=O)Nc1cccc(NC(=O)c2cccc(F)n2)c1. The summed E-state index contributed by atoms with van der Waals surface area (Å²) in [6, 6.07) is 10.0. The van der Waals surface area contributed by atoms with Crippen LogP contribution in [0.5, 0.6) is 0 Å². The Morgan fingerprint density at radius 1 is 1.14 bits per heavy atom.